The van der Waals surface area contributed by atoms with Gasteiger partial charge in [0.05, 0.1) is 0 Å². The number of rotatable bonds is 0. The van der Waals surface area contributed by atoms with Crippen LogP contribution >= 0.6 is 0 Å². The van der Waals surface area contributed by atoms with Crippen LogP contribution in [0, 0.1) is 0 Å². The Balaban J connectivity index is 0. The summed E-state index contributed by atoms with van der Waals surface area (Å²) in [6.45, 7) is 0. The number of hydrogen-bond acceptors (Lipinski definition) is 0. The van der Waals surface area contributed by atoms with Gasteiger partial charge in [0, 0.05) is 34.1 Å². The first-order valence-corrected chi connectivity index (χ1v) is 0. The second kappa shape index (κ2) is 18.1. The van der Waals surface area contributed by atoms with Crippen LogP contribution in [-0.2, 0) is 16.8 Å². The van der Waals surface area contributed by atoms with Gasteiger partial charge in [-0.25, -0.2) is 0 Å². The van der Waals surface area contributed by atoms with Crippen LogP contribution in [0.15, 0.2) is 0 Å². The van der Waals surface area contributed by atoms with Crippen molar-refractivity contribution in [3.05, 3.63) is 0 Å². The second-order valence-corrected chi connectivity index (χ2v) is 0. The van der Waals surface area contributed by atoms with E-state index in [0.29, 0.717) is 0 Å². The van der Waals surface area contributed by atoms with Crippen LogP contribution in [0.25, 0.3) is 0 Å². The molecule has 0 aliphatic rings. The summed E-state index contributed by atoms with van der Waals surface area (Å²) < 4.78 is 0. The molecule has 0 aliphatic carbocycles. The van der Waals surface area contributed by atoms with Crippen LogP contribution in [-0.4, -0.2) is 59.3 Å². The fourth-order valence-corrected chi connectivity index (χ4v) is 0. The Hall–Kier alpha value is 2.40. The Morgan fingerprint density at radius 1 is 1.00 bits per heavy atom. The Morgan fingerprint density at radius 3 is 1.00 bits per heavy atom. The average Bonchev–Trinajstić information content (AvgIpc) is 0. The predicted octanol–water partition coefficient (Wildman–Crippen LogP) is -1.95. The van der Waals surface area contributed by atoms with E-state index in [2.05, 4.69) is 0 Å². The van der Waals surface area contributed by atoms with Crippen molar-refractivity contribution in [2.75, 3.05) is 0 Å². The largest absolute Gasteiger partial charge is 0.316 e. The van der Waals surface area contributed by atoms with E-state index < -0.39 is 0 Å². The van der Waals surface area contributed by atoms with E-state index in [1.54, 1.807) is 0 Å². The molecule has 0 unspecified atom stereocenters. The Morgan fingerprint density at radius 2 is 1.00 bits per heavy atom. The molecule has 0 aromatic heterocycles. The molecule has 0 heterocycles. The van der Waals surface area contributed by atoms with Crippen LogP contribution in [0.4, 0.5) is 0 Å². The molecule has 0 nitrogen and oxygen atoms in total. The summed E-state index contributed by atoms with van der Waals surface area (Å²) in [5.41, 5.74) is 0. The third-order valence-corrected chi connectivity index (χ3v) is 0. The van der Waals surface area contributed by atoms with Crippen molar-refractivity contribution in [2.24, 2.45) is 0 Å². The summed E-state index contributed by atoms with van der Waals surface area (Å²) in [5.74, 6) is 0. The molecule has 4 heteroatoms. The third-order valence-electron chi connectivity index (χ3n) is 0. The predicted molar refractivity (Wildman–Crippen MR) is 21.4 cm³/mol. The van der Waals surface area contributed by atoms with Crippen LogP contribution < -0.4 is 0 Å². The normalized spacial score (nSPS) is 0. The van der Waals surface area contributed by atoms with E-state index >= 15 is 0 Å². The van der Waals surface area contributed by atoms with Gasteiger partial charge < -0.3 is 0 Å². The van der Waals surface area contributed by atoms with Gasteiger partial charge in [0.1, 0.15) is 0 Å². The molecule has 4 radical (unpaired) electrons. The van der Waals surface area contributed by atoms with E-state index in [1.807, 2.05) is 0 Å². The minimum atomic E-state index is 0. The van der Waals surface area contributed by atoms with Crippen molar-refractivity contribution in [1.82, 2.24) is 0 Å². The van der Waals surface area contributed by atoms with Gasteiger partial charge in [0.15, 0.2) is 0 Å². The van der Waals surface area contributed by atoms with Gasteiger partial charge in [-0.2, -0.15) is 0 Å². The van der Waals surface area contributed by atoms with Gasteiger partial charge in [-0.1, -0.05) is 0 Å². The zero-order chi connectivity index (χ0) is 0. The molecule has 0 atom stereocenters. The average molecular weight is 120 g/mol. The number of hydrogen-bond donors (Lipinski definition) is 0. The van der Waals surface area contributed by atoms with Crippen molar-refractivity contribution >= 4 is 59.3 Å². The molecule has 0 saturated heterocycles. The Bertz CT molecular complexity index is 8.00. The fourth-order valence-electron chi connectivity index (χ4n) is 0. The second-order valence-electron chi connectivity index (χ2n) is 0. The minimum absolute atomic E-state index is 0. The van der Waals surface area contributed by atoms with Gasteiger partial charge >= 0.3 is 41.9 Å². The van der Waals surface area contributed by atoms with Gasteiger partial charge in [0.25, 0.3) is 0 Å². The molecule has 0 fully saturated rings. The summed E-state index contributed by atoms with van der Waals surface area (Å²) in [6.07, 6.45) is 0. The summed E-state index contributed by atoms with van der Waals surface area (Å²) >= 11 is 0. The fraction of sp³-hybridized carbons (Fsp3) is 0. The molecule has 0 aromatic carbocycles. The van der Waals surface area contributed by atoms with E-state index in [0.717, 1.165) is 0 Å². The molecule has 0 rings (SSSR count). The van der Waals surface area contributed by atoms with Gasteiger partial charge in [-0.05, 0) is 0 Å². The standard InChI is InChI=1S/Al.Co.Li.Mg.3H. The maximum Gasteiger partial charge on any atom is 0.316 e. The van der Waals surface area contributed by atoms with Crippen LogP contribution in [0.1, 0.15) is 0 Å². The summed E-state index contributed by atoms with van der Waals surface area (Å²) in [4.78, 5) is 0. The minimum Gasteiger partial charge on any atom is 0.316 e. The summed E-state index contributed by atoms with van der Waals surface area (Å²) in [7, 11) is 0. The zero-order valence-corrected chi connectivity index (χ0v) is 3.11. The molecule has 0 bridgehead atoms. The first kappa shape index (κ1) is 32.4. The third kappa shape index (κ3) is 8.83. The molecule has 0 spiro atoms. The van der Waals surface area contributed by atoms with E-state index in [1.165, 1.54) is 0 Å². The Labute approximate surface area is 75.1 Å². The maximum atomic E-state index is 0. The smallest absolute Gasteiger partial charge is 0.316 e. The van der Waals surface area contributed by atoms with Gasteiger partial charge in [0.2, 0.25) is 0 Å². The molecule has 0 amide bonds. The van der Waals surface area contributed by atoms with Crippen molar-refractivity contribution in [1.29, 1.82) is 0 Å². The first-order chi connectivity index (χ1) is 0. The zero-order valence-electron chi connectivity index (χ0n) is 0.911. The molecule has 18 valence electrons. The molecular weight excluding hydrogens is 117 g/mol. The quantitative estimate of drug-likeness (QED) is 0.326. The van der Waals surface area contributed by atoms with Crippen molar-refractivity contribution in [3.63, 3.8) is 0 Å². The molecular formula is H3AlCoLiMg. The van der Waals surface area contributed by atoms with Gasteiger partial charge in [-0.15, -0.1) is 0 Å². The molecule has 0 aromatic rings. The first-order valence-electron chi connectivity index (χ1n) is 0. The molecule has 0 N–H and O–H groups in total. The van der Waals surface area contributed by atoms with Crippen molar-refractivity contribution in [3.8, 4) is 0 Å². The SMILES string of the molecule is [Al].[Co].[LiH].[MgH2]. The molecule has 0 aliphatic heterocycles. The van der Waals surface area contributed by atoms with Gasteiger partial charge in [-0.3, -0.25) is 0 Å². The van der Waals surface area contributed by atoms with E-state index in [9.17, 15) is 0 Å². The van der Waals surface area contributed by atoms with Crippen LogP contribution in [0.5, 0.6) is 0 Å². The Kier molecular flexibility index (Phi) is 147. The van der Waals surface area contributed by atoms with E-state index in [-0.39, 0.29) is 76.1 Å². The molecule has 0 saturated carbocycles. The van der Waals surface area contributed by atoms with Crippen LogP contribution in [0.2, 0.25) is 0 Å². The van der Waals surface area contributed by atoms with Crippen molar-refractivity contribution in [2.45, 2.75) is 0 Å². The summed E-state index contributed by atoms with van der Waals surface area (Å²) in [5, 5.41) is 0. The van der Waals surface area contributed by atoms with E-state index in [4.69, 9.17) is 0 Å². The summed E-state index contributed by atoms with van der Waals surface area (Å²) in [6, 6.07) is 0. The monoisotopic (exact) mass is 120 g/mol. The maximum absolute atomic E-state index is 0. The topological polar surface area (TPSA) is 0 Å². The van der Waals surface area contributed by atoms with Crippen molar-refractivity contribution < 1.29 is 16.8 Å². The molecule has 4 heavy (non-hydrogen) atoms. The van der Waals surface area contributed by atoms with Crippen LogP contribution in [0.3, 0.4) is 0 Å².